The van der Waals surface area contributed by atoms with Gasteiger partial charge in [-0.3, -0.25) is 4.79 Å². The minimum atomic E-state index is 0.0932. The van der Waals surface area contributed by atoms with Crippen molar-refractivity contribution in [2.24, 2.45) is 0 Å². The lowest BCUT2D eigenvalue weighted by molar-refractivity contribution is 0.0914. The molecule has 0 fully saturated rings. The van der Waals surface area contributed by atoms with Crippen LogP contribution in [0.5, 0.6) is 5.75 Å². The quantitative estimate of drug-likeness (QED) is 0.733. The zero-order valence-electron chi connectivity index (χ0n) is 12.9. The standard InChI is InChI=1S/C19H22O2/c1-3-4-5-6-7-14-9-11-16-17(20)12-21-19-13(2)8-10-15(14)18(16)19/h8-11H,3-7,12H2,1-2H3. The Hall–Kier alpha value is -1.83. The highest BCUT2D eigenvalue weighted by Gasteiger charge is 2.22. The molecule has 0 saturated heterocycles. The molecule has 1 heterocycles. The Balaban J connectivity index is 2.03. The summed E-state index contributed by atoms with van der Waals surface area (Å²) in [6, 6.07) is 8.37. The molecule has 0 spiro atoms. The van der Waals surface area contributed by atoms with E-state index in [0.717, 1.165) is 28.7 Å². The molecule has 0 bridgehead atoms. The molecule has 1 aliphatic rings. The van der Waals surface area contributed by atoms with E-state index in [1.165, 1.54) is 36.6 Å². The van der Waals surface area contributed by atoms with Crippen molar-refractivity contribution in [1.82, 2.24) is 0 Å². The highest BCUT2D eigenvalue weighted by molar-refractivity contribution is 6.13. The molecule has 3 rings (SSSR count). The number of unbranched alkanes of at least 4 members (excludes halogenated alkanes) is 3. The Kier molecular flexibility index (Phi) is 3.96. The van der Waals surface area contributed by atoms with Gasteiger partial charge in [0.25, 0.3) is 0 Å². The highest BCUT2D eigenvalue weighted by Crippen LogP contribution is 2.37. The fourth-order valence-electron chi connectivity index (χ4n) is 3.17. The van der Waals surface area contributed by atoms with Gasteiger partial charge in [-0.15, -0.1) is 0 Å². The first-order valence-corrected chi connectivity index (χ1v) is 7.93. The Morgan fingerprint density at radius 2 is 1.95 bits per heavy atom. The van der Waals surface area contributed by atoms with Crippen LogP contribution in [0.3, 0.4) is 0 Å². The number of ketones is 1. The minimum absolute atomic E-state index is 0.0932. The first kappa shape index (κ1) is 14.1. The second-order valence-corrected chi connectivity index (χ2v) is 5.93. The van der Waals surface area contributed by atoms with Gasteiger partial charge in [-0.2, -0.15) is 0 Å². The lowest BCUT2D eigenvalue weighted by atomic mass is 9.91. The van der Waals surface area contributed by atoms with Gasteiger partial charge in [0, 0.05) is 10.9 Å². The maximum Gasteiger partial charge on any atom is 0.200 e. The molecule has 1 aliphatic heterocycles. The smallest absolute Gasteiger partial charge is 0.200 e. The third-order valence-corrected chi connectivity index (χ3v) is 4.37. The van der Waals surface area contributed by atoms with Crippen molar-refractivity contribution in [2.45, 2.75) is 46.0 Å². The molecule has 0 unspecified atom stereocenters. The van der Waals surface area contributed by atoms with E-state index in [2.05, 4.69) is 25.1 Å². The zero-order valence-corrected chi connectivity index (χ0v) is 12.9. The molecule has 2 nitrogen and oxygen atoms in total. The first-order valence-electron chi connectivity index (χ1n) is 7.93. The van der Waals surface area contributed by atoms with E-state index in [1.54, 1.807) is 0 Å². The summed E-state index contributed by atoms with van der Waals surface area (Å²) in [5, 5.41) is 2.22. The third kappa shape index (κ3) is 2.55. The highest BCUT2D eigenvalue weighted by atomic mass is 16.5. The zero-order chi connectivity index (χ0) is 14.8. The summed E-state index contributed by atoms with van der Waals surface area (Å²) in [5.74, 6) is 0.994. The van der Waals surface area contributed by atoms with Crippen LogP contribution in [0.25, 0.3) is 10.8 Å². The van der Waals surface area contributed by atoms with Crippen molar-refractivity contribution in [3.8, 4) is 5.75 Å². The molecule has 0 aromatic heterocycles. The van der Waals surface area contributed by atoms with Crippen LogP contribution in [-0.2, 0) is 6.42 Å². The summed E-state index contributed by atoms with van der Waals surface area (Å²) >= 11 is 0. The van der Waals surface area contributed by atoms with E-state index in [9.17, 15) is 4.79 Å². The Bertz CT molecular complexity index is 686. The van der Waals surface area contributed by atoms with Crippen LogP contribution >= 0.6 is 0 Å². The molecule has 2 aromatic rings. The third-order valence-electron chi connectivity index (χ3n) is 4.37. The number of benzene rings is 2. The Morgan fingerprint density at radius 1 is 1.10 bits per heavy atom. The van der Waals surface area contributed by atoms with Crippen LogP contribution in [0, 0.1) is 6.92 Å². The largest absolute Gasteiger partial charge is 0.484 e. The molecule has 0 aliphatic carbocycles. The Labute approximate surface area is 126 Å². The molecule has 21 heavy (non-hydrogen) atoms. The number of ether oxygens (including phenoxy) is 1. The van der Waals surface area contributed by atoms with Crippen molar-refractivity contribution in [2.75, 3.05) is 6.61 Å². The minimum Gasteiger partial charge on any atom is -0.484 e. The van der Waals surface area contributed by atoms with Crippen molar-refractivity contribution in [1.29, 1.82) is 0 Å². The Morgan fingerprint density at radius 3 is 2.76 bits per heavy atom. The van der Waals surface area contributed by atoms with Crippen LogP contribution in [0.1, 0.15) is 54.1 Å². The van der Waals surface area contributed by atoms with E-state index >= 15 is 0 Å². The van der Waals surface area contributed by atoms with E-state index < -0.39 is 0 Å². The molecule has 0 saturated carbocycles. The van der Waals surface area contributed by atoms with Gasteiger partial charge in [-0.25, -0.2) is 0 Å². The van der Waals surface area contributed by atoms with E-state index in [4.69, 9.17) is 4.74 Å². The number of carbonyl (C=O) groups excluding carboxylic acids is 1. The number of aryl methyl sites for hydroxylation is 2. The van der Waals surface area contributed by atoms with Crippen molar-refractivity contribution < 1.29 is 9.53 Å². The summed E-state index contributed by atoms with van der Waals surface area (Å²) in [7, 11) is 0. The molecule has 2 heteroatoms. The molecule has 110 valence electrons. The molecule has 0 N–H and O–H groups in total. The molecular weight excluding hydrogens is 260 g/mol. The van der Waals surface area contributed by atoms with Gasteiger partial charge in [0.2, 0.25) is 5.78 Å². The number of Topliss-reactive ketones (excluding diaryl/α,β-unsaturated/α-hetero) is 1. The molecule has 0 radical (unpaired) electrons. The summed E-state index contributed by atoms with van der Waals surface area (Å²) in [5.41, 5.74) is 3.27. The topological polar surface area (TPSA) is 26.3 Å². The fourth-order valence-corrected chi connectivity index (χ4v) is 3.17. The monoisotopic (exact) mass is 282 g/mol. The molecular formula is C19H22O2. The van der Waals surface area contributed by atoms with Gasteiger partial charge < -0.3 is 4.74 Å². The van der Waals surface area contributed by atoms with Crippen LogP contribution in [0.2, 0.25) is 0 Å². The van der Waals surface area contributed by atoms with Crippen molar-refractivity contribution in [3.63, 3.8) is 0 Å². The normalized spacial score (nSPS) is 13.5. The summed E-state index contributed by atoms with van der Waals surface area (Å²) < 4.78 is 5.69. The lowest BCUT2D eigenvalue weighted by Crippen LogP contribution is -2.18. The van der Waals surface area contributed by atoms with Gasteiger partial charge >= 0.3 is 0 Å². The molecule has 0 amide bonds. The second kappa shape index (κ2) is 5.88. The first-order chi connectivity index (χ1) is 10.2. The number of carbonyl (C=O) groups is 1. The molecule has 0 atom stereocenters. The van der Waals surface area contributed by atoms with E-state index in [-0.39, 0.29) is 12.4 Å². The summed E-state index contributed by atoms with van der Waals surface area (Å²) in [6.45, 7) is 4.44. The van der Waals surface area contributed by atoms with Gasteiger partial charge in [0.1, 0.15) is 5.75 Å². The maximum absolute atomic E-state index is 12.1. The molecule has 2 aromatic carbocycles. The predicted molar refractivity (Wildman–Crippen MR) is 86.4 cm³/mol. The van der Waals surface area contributed by atoms with Crippen LogP contribution in [0.4, 0.5) is 0 Å². The van der Waals surface area contributed by atoms with Gasteiger partial charge in [0.05, 0.1) is 0 Å². The maximum atomic E-state index is 12.1. The summed E-state index contributed by atoms with van der Waals surface area (Å²) in [4.78, 5) is 12.1. The van der Waals surface area contributed by atoms with Gasteiger partial charge in [-0.1, -0.05) is 50.5 Å². The van der Waals surface area contributed by atoms with Crippen molar-refractivity contribution in [3.05, 3.63) is 41.0 Å². The number of hydrogen-bond acceptors (Lipinski definition) is 2. The van der Waals surface area contributed by atoms with Crippen LogP contribution < -0.4 is 4.74 Å². The predicted octanol–water partition coefficient (Wildman–Crippen LogP) is 4.85. The van der Waals surface area contributed by atoms with Crippen LogP contribution in [-0.4, -0.2) is 12.4 Å². The van der Waals surface area contributed by atoms with Crippen molar-refractivity contribution >= 4 is 16.6 Å². The summed E-state index contributed by atoms with van der Waals surface area (Å²) in [6.07, 6.45) is 6.11. The average Bonchev–Trinajstić information content (AvgIpc) is 2.50. The number of hydrogen-bond donors (Lipinski definition) is 0. The SMILES string of the molecule is CCCCCCc1ccc2c3c(c(C)ccc13)OCC2=O. The van der Waals surface area contributed by atoms with E-state index in [1.807, 2.05) is 13.0 Å². The lowest BCUT2D eigenvalue weighted by Gasteiger charge is -2.21. The fraction of sp³-hybridized carbons (Fsp3) is 0.421. The van der Waals surface area contributed by atoms with E-state index in [0.29, 0.717) is 0 Å². The average molecular weight is 282 g/mol. The second-order valence-electron chi connectivity index (χ2n) is 5.93. The van der Waals surface area contributed by atoms with Crippen LogP contribution in [0.15, 0.2) is 24.3 Å². The van der Waals surface area contributed by atoms with Gasteiger partial charge in [0.15, 0.2) is 6.61 Å². The van der Waals surface area contributed by atoms with Gasteiger partial charge in [-0.05, 0) is 36.3 Å². The number of rotatable bonds is 5.